The van der Waals surface area contributed by atoms with Gasteiger partial charge in [0, 0.05) is 30.7 Å². The molecule has 0 unspecified atom stereocenters. The molecule has 1 aromatic heterocycles. The molecule has 1 amide bonds. The fourth-order valence-electron chi connectivity index (χ4n) is 2.81. The first-order chi connectivity index (χ1) is 14.0. The number of ether oxygens (including phenoxy) is 2. The third kappa shape index (κ3) is 5.29. The summed E-state index contributed by atoms with van der Waals surface area (Å²) < 4.78 is 16.2. The second kappa shape index (κ2) is 9.47. The minimum absolute atomic E-state index is 0.112. The summed E-state index contributed by atoms with van der Waals surface area (Å²) in [6, 6.07) is 14.9. The van der Waals surface area contributed by atoms with Crippen molar-refractivity contribution in [2.45, 2.75) is 26.5 Å². The molecular formula is C22H23ClN2O4. The molecule has 0 aliphatic rings. The minimum Gasteiger partial charge on any atom is -0.493 e. The molecule has 0 saturated carbocycles. The van der Waals surface area contributed by atoms with Gasteiger partial charge in [0.2, 0.25) is 0 Å². The van der Waals surface area contributed by atoms with E-state index >= 15 is 0 Å². The summed E-state index contributed by atoms with van der Waals surface area (Å²) in [7, 11) is 3.27. The summed E-state index contributed by atoms with van der Waals surface area (Å²) in [4.78, 5) is 14.2. The zero-order valence-electron chi connectivity index (χ0n) is 16.6. The van der Waals surface area contributed by atoms with Crippen molar-refractivity contribution >= 4 is 17.5 Å². The number of carbonyl (C=O) groups excluding carboxylic acids is 1. The van der Waals surface area contributed by atoms with Crippen LogP contribution in [0.1, 0.15) is 34.3 Å². The molecule has 1 heterocycles. The van der Waals surface area contributed by atoms with Gasteiger partial charge in [0.1, 0.15) is 6.61 Å². The van der Waals surface area contributed by atoms with Crippen LogP contribution in [0.5, 0.6) is 11.5 Å². The Labute approximate surface area is 175 Å². The van der Waals surface area contributed by atoms with Crippen LogP contribution >= 0.6 is 11.6 Å². The smallest absolute Gasteiger partial charge is 0.276 e. The number of hydrogen-bond acceptors (Lipinski definition) is 5. The Morgan fingerprint density at radius 2 is 1.83 bits per heavy atom. The van der Waals surface area contributed by atoms with Gasteiger partial charge in [0.25, 0.3) is 5.91 Å². The first-order valence-corrected chi connectivity index (χ1v) is 9.63. The molecule has 6 nitrogen and oxygen atoms in total. The molecule has 29 heavy (non-hydrogen) atoms. The molecule has 0 aliphatic heterocycles. The maximum atomic E-state index is 12.6. The van der Waals surface area contributed by atoms with Crippen LogP contribution in [0.4, 0.5) is 0 Å². The number of halogens is 1. The number of aromatic nitrogens is 1. The van der Waals surface area contributed by atoms with E-state index in [4.69, 9.17) is 25.6 Å². The summed E-state index contributed by atoms with van der Waals surface area (Å²) in [6.45, 7) is 2.71. The molecule has 0 saturated heterocycles. The van der Waals surface area contributed by atoms with Gasteiger partial charge in [-0.25, -0.2) is 0 Å². The summed E-state index contributed by atoms with van der Waals surface area (Å²) >= 11 is 5.95. The molecule has 2 aromatic carbocycles. The molecule has 0 atom stereocenters. The number of nitrogens with zero attached hydrogens (tertiary/aromatic N) is 2. The second-order valence-electron chi connectivity index (χ2n) is 6.59. The van der Waals surface area contributed by atoms with Crippen LogP contribution in [0.15, 0.2) is 53.1 Å². The number of rotatable bonds is 8. The van der Waals surface area contributed by atoms with E-state index < -0.39 is 0 Å². The first kappa shape index (κ1) is 20.7. The summed E-state index contributed by atoms with van der Waals surface area (Å²) in [5.74, 6) is 1.26. The number of benzene rings is 2. The van der Waals surface area contributed by atoms with Crippen molar-refractivity contribution < 1.29 is 18.8 Å². The Morgan fingerprint density at radius 1 is 1.10 bits per heavy atom. The van der Waals surface area contributed by atoms with Gasteiger partial charge >= 0.3 is 0 Å². The largest absolute Gasteiger partial charge is 0.493 e. The SMILES string of the molecule is CCc1ccc(CN(C)C(=O)c2cc(COc3ccc(Cl)cc3OC)on2)cc1. The lowest BCUT2D eigenvalue weighted by Gasteiger charge is -2.15. The standard InChI is InChI=1S/C22H23ClN2O4/c1-4-15-5-7-16(8-6-15)13-25(2)22(26)19-12-18(29-24-19)14-28-20-10-9-17(23)11-21(20)27-3/h5-12H,4,13-14H2,1-3H3. The van der Waals surface area contributed by atoms with Crippen LogP contribution in [-0.4, -0.2) is 30.1 Å². The Balaban J connectivity index is 1.60. The van der Waals surface area contributed by atoms with Gasteiger partial charge in [0.15, 0.2) is 23.0 Å². The quantitative estimate of drug-likeness (QED) is 0.532. The molecular weight excluding hydrogens is 392 g/mol. The Hall–Kier alpha value is -2.99. The third-order valence-electron chi connectivity index (χ3n) is 4.47. The molecule has 0 spiro atoms. The molecule has 7 heteroatoms. The summed E-state index contributed by atoms with van der Waals surface area (Å²) in [6.07, 6.45) is 0.987. The van der Waals surface area contributed by atoms with Crippen molar-refractivity contribution in [1.82, 2.24) is 10.1 Å². The predicted molar refractivity (Wildman–Crippen MR) is 110 cm³/mol. The third-order valence-corrected chi connectivity index (χ3v) is 4.71. The summed E-state index contributed by atoms with van der Waals surface area (Å²) in [5, 5.41) is 4.43. The Kier molecular flexibility index (Phi) is 6.77. The van der Waals surface area contributed by atoms with Crippen LogP contribution < -0.4 is 9.47 Å². The summed E-state index contributed by atoms with van der Waals surface area (Å²) in [5.41, 5.74) is 2.56. The Morgan fingerprint density at radius 3 is 2.52 bits per heavy atom. The first-order valence-electron chi connectivity index (χ1n) is 9.25. The fraction of sp³-hybridized carbons (Fsp3) is 0.273. The van der Waals surface area contributed by atoms with Crippen molar-refractivity contribution in [3.8, 4) is 11.5 Å². The van der Waals surface area contributed by atoms with Crippen LogP contribution in [-0.2, 0) is 19.6 Å². The number of methoxy groups -OCH3 is 1. The highest BCUT2D eigenvalue weighted by Gasteiger charge is 2.18. The van der Waals surface area contributed by atoms with Gasteiger partial charge in [-0.2, -0.15) is 0 Å². The second-order valence-corrected chi connectivity index (χ2v) is 7.03. The highest BCUT2D eigenvalue weighted by molar-refractivity contribution is 6.30. The van der Waals surface area contributed by atoms with Gasteiger partial charge in [-0.3, -0.25) is 4.79 Å². The van der Waals surface area contributed by atoms with Crippen molar-refractivity contribution in [3.05, 3.63) is 76.1 Å². The van der Waals surface area contributed by atoms with E-state index in [1.807, 2.05) is 12.1 Å². The van der Waals surface area contributed by atoms with Crippen molar-refractivity contribution in [1.29, 1.82) is 0 Å². The molecule has 3 rings (SSSR count). The van der Waals surface area contributed by atoms with Crippen molar-refractivity contribution in [2.75, 3.05) is 14.2 Å². The van der Waals surface area contributed by atoms with Crippen LogP contribution in [0.3, 0.4) is 0 Å². The van der Waals surface area contributed by atoms with Gasteiger partial charge < -0.3 is 18.9 Å². The zero-order chi connectivity index (χ0) is 20.8. The molecule has 0 N–H and O–H groups in total. The zero-order valence-corrected chi connectivity index (χ0v) is 17.4. The van der Waals surface area contributed by atoms with Gasteiger partial charge in [-0.05, 0) is 29.7 Å². The van der Waals surface area contributed by atoms with Gasteiger partial charge in [0.05, 0.1) is 7.11 Å². The van der Waals surface area contributed by atoms with E-state index in [-0.39, 0.29) is 18.2 Å². The molecule has 3 aromatic rings. The van der Waals surface area contributed by atoms with E-state index in [1.54, 1.807) is 36.2 Å². The highest BCUT2D eigenvalue weighted by atomic mass is 35.5. The normalized spacial score (nSPS) is 10.6. The van der Waals surface area contributed by atoms with E-state index in [0.717, 1.165) is 12.0 Å². The molecule has 0 aliphatic carbocycles. The maximum Gasteiger partial charge on any atom is 0.276 e. The van der Waals surface area contributed by atoms with Gasteiger partial charge in [-0.15, -0.1) is 0 Å². The van der Waals surface area contributed by atoms with Crippen molar-refractivity contribution in [2.24, 2.45) is 0 Å². The predicted octanol–water partition coefficient (Wildman–Crippen LogP) is 4.75. The number of amides is 1. The highest BCUT2D eigenvalue weighted by Crippen LogP contribution is 2.30. The van der Waals surface area contributed by atoms with E-state index in [2.05, 4.69) is 24.2 Å². The van der Waals surface area contributed by atoms with Crippen LogP contribution in [0.25, 0.3) is 0 Å². The molecule has 0 fully saturated rings. The van der Waals surface area contributed by atoms with Crippen molar-refractivity contribution in [3.63, 3.8) is 0 Å². The molecule has 0 bridgehead atoms. The number of carbonyl (C=O) groups is 1. The molecule has 0 radical (unpaired) electrons. The average molecular weight is 415 g/mol. The number of aryl methyl sites for hydroxylation is 1. The van der Waals surface area contributed by atoms with E-state index in [0.29, 0.717) is 28.8 Å². The van der Waals surface area contributed by atoms with Crippen LogP contribution in [0.2, 0.25) is 5.02 Å². The van der Waals surface area contributed by atoms with E-state index in [9.17, 15) is 4.79 Å². The lowest BCUT2D eigenvalue weighted by atomic mass is 10.1. The lowest BCUT2D eigenvalue weighted by Crippen LogP contribution is -2.26. The van der Waals surface area contributed by atoms with E-state index in [1.165, 1.54) is 12.7 Å². The number of hydrogen-bond donors (Lipinski definition) is 0. The Bertz CT molecular complexity index is 969. The average Bonchev–Trinajstić information content (AvgIpc) is 3.21. The minimum atomic E-state index is -0.219. The fourth-order valence-corrected chi connectivity index (χ4v) is 2.98. The topological polar surface area (TPSA) is 64.8 Å². The van der Waals surface area contributed by atoms with Crippen LogP contribution in [0, 0.1) is 0 Å². The lowest BCUT2D eigenvalue weighted by molar-refractivity contribution is 0.0774. The molecule has 152 valence electrons. The van der Waals surface area contributed by atoms with Gasteiger partial charge in [-0.1, -0.05) is 47.9 Å². The maximum absolute atomic E-state index is 12.6. The monoisotopic (exact) mass is 414 g/mol.